The molecule has 2 aromatic rings. The maximum absolute atomic E-state index is 14.1. The Labute approximate surface area is 141 Å². The molecule has 0 spiro atoms. The maximum atomic E-state index is 14.1. The van der Waals surface area contributed by atoms with Crippen LogP contribution in [0.15, 0.2) is 48.5 Å². The third kappa shape index (κ3) is 3.26. The summed E-state index contributed by atoms with van der Waals surface area (Å²) in [5.74, 6) is -0.343. The van der Waals surface area contributed by atoms with E-state index in [1.165, 1.54) is 6.07 Å². The van der Waals surface area contributed by atoms with Crippen LogP contribution in [0.3, 0.4) is 0 Å². The zero-order chi connectivity index (χ0) is 17.1. The van der Waals surface area contributed by atoms with E-state index in [0.717, 1.165) is 5.56 Å². The van der Waals surface area contributed by atoms with E-state index in [0.29, 0.717) is 24.5 Å². The summed E-state index contributed by atoms with van der Waals surface area (Å²) in [4.78, 5) is 14.5. The van der Waals surface area contributed by atoms with Crippen molar-refractivity contribution < 1.29 is 13.9 Å². The van der Waals surface area contributed by atoms with E-state index in [1.54, 1.807) is 17.0 Å². The van der Waals surface area contributed by atoms with Crippen molar-refractivity contribution in [2.75, 3.05) is 13.2 Å². The highest BCUT2D eigenvalue weighted by molar-refractivity contribution is 5.79. The van der Waals surface area contributed by atoms with Crippen molar-refractivity contribution in [2.24, 2.45) is 11.7 Å². The molecule has 0 fully saturated rings. The molecule has 1 heterocycles. The molecule has 4 nitrogen and oxygen atoms in total. The fourth-order valence-corrected chi connectivity index (χ4v) is 2.96. The van der Waals surface area contributed by atoms with Crippen LogP contribution in [-0.4, -0.2) is 24.0 Å². The molecule has 0 saturated carbocycles. The number of nitrogens with zero attached hydrogens (tertiary/aromatic N) is 1. The summed E-state index contributed by atoms with van der Waals surface area (Å²) >= 11 is 0. The SMILES string of the molecule is CC(C(=O)N1CCOc2cccc(F)c2C1)C(N)c1ccccc1. The Bertz CT molecular complexity index is 721. The van der Waals surface area contributed by atoms with Crippen molar-refractivity contribution in [3.8, 4) is 5.75 Å². The van der Waals surface area contributed by atoms with Crippen LogP contribution in [-0.2, 0) is 11.3 Å². The van der Waals surface area contributed by atoms with E-state index in [9.17, 15) is 9.18 Å². The first-order chi connectivity index (χ1) is 11.6. The molecule has 2 N–H and O–H groups in total. The smallest absolute Gasteiger partial charge is 0.227 e. The van der Waals surface area contributed by atoms with Gasteiger partial charge in [0.15, 0.2) is 0 Å². The van der Waals surface area contributed by atoms with Gasteiger partial charge in [0.05, 0.1) is 19.0 Å². The first-order valence-electron chi connectivity index (χ1n) is 8.07. The van der Waals surface area contributed by atoms with Crippen molar-refractivity contribution in [3.05, 3.63) is 65.5 Å². The molecule has 2 aromatic carbocycles. The molecule has 3 rings (SSSR count). The van der Waals surface area contributed by atoms with Gasteiger partial charge in [-0.25, -0.2) is 4.39 Å². The highest BCUT2D eigenvalue weighted by atomic mass is 19.1. The Morgan fingerprint density at radius 2 is 1.96 bits per heavy atom. The number of hydrogen-bond donors (Lipinski definition) is 1. The Balaban J connectivity index is 1.78. The van der Waals surface area contributed by atoms with Crippen molar-refractivity contribution >= 4 is 5.91 Å². The number of hydrogen-bond acceptors (Lipinski definition) is 3. The maximum Gasteiger partial charge on any atom is 0.227 e. The van der Waals surface area contributed by atoms with Crippen LogP contribution in [0, 0.1) is 11.7 Å². The molecule has 2 unspecified atom stereocenters. The van der Waals surface area contributed by atoms with E-state index in [4.69, 9.17) is 10.5 Å². The zero-order valence-electron chi connectivity index (χ0n) is 13.6. The Hall–Kier alpha value is -2.40. The fourth-order valence-electron chi connectivity index (χ4n) is 2.96. The molecule has 0 radical (unpaired) electrons. The second-order valence-corrected chi connectivity index (χ2v) is 6.05. The number of benzene rings is 2. The molecular weight excluding hydrogens is 307 g/mol. The largest absolute Gasteiger partial charge is 0.491 e. The number of carbonyl (C=O) groups excluding carboxylic acids is 1. The van der Waals surface area contributed by atoms with Crippen LogP contribution in [0.2, 0.25) is 0 Å². The molecule has 126 valence electrons. The highest BCUT2D eigenvalue weighted by Crippen LogP contribution is 2.28. The summed E-state index contributed by atoms with van der Waals surface area (Å²) in [5, 5.41) is 0. The Morgan fingerprint density at radius 3 is 2.71 bits per heavy atom. The van der Waals surface area contributed by atoms with Crippen LogP contribution in [0.1, 0.15) is 24.1 Å². The molecule has 1 amide bonds. The molecule has 0 aromatic heterocycles. The van der Waals surface area contributed by atoms with Gasteiger partial charge in [-0.05, 0) is 17.7 Å². The number of fused-ring (bicyclic) bond motifs is 1. The number of nitrogens with two attached hydrogens (primary N) is 1. The lowest BCUT2D eigenvalue weighted by Gasteiger charge is -2.27. The number of ether oxygens (including phenoxy) is 1. The summed E-state index contributed by atoms with van der Waals surface area (Å²) in [6.07, 6.45) is 0. The van der Waals surface area contributed by atoms with Crippen LogP contribution in [0.5, 0.6) is 5.75 Å². The average molecular weight is 328 g/mol. The predicted octanol–water partition coefficient (Wildman–Crippen LogP) is 2.88. The molecular formula is C19H21FN2O2. The van der Waals surface area contributed by atoms with Crippen molar-refractivity contribution in [2.45, 2.75) is 19.5 Å². The van der Waals surface area contributed by atoms with E-state index in [-0.39, 0.29) is 18.3 Å². The number of halogens is 1. The van der Waals surface area contributed by atoms with Gasteiger partial charge >= 0.3 is 0 Å². The zero-order valence-corrected chi connectivity index (χ0v) is 13.6. The van der Waals surface area contributed by atoms with E-state index < -0.39 is 12.0 Å². The lowest BCUT2D eigenvalue weighted by Crippen LogP contribution is -2.40. The molecule has 24 heavy (non-hydrogen) atoms. The summed E-state index contributed by atoms with van der Waals surface area (Å²) in [7, 11) is 0. The van der Waals surface area contributed by atoms with E-state index in [1.807, 2.05) is 37.3 Å². The van der Waals surface area contributed by atoms with Crippen LogP contribution >= 0.6 is 0 Å². The molecule has 0 aliphatic carbocycles. The molecule has 5 heteroatoms. The lowest BCUT2D eigenvalue weighted by atomic mass is 9.94. The minimum atomic E-state index is -0.402. The lowest BCUT2D eigenvalue weighted by molar-refractivity contribution is -0.136. The fraction of sp³-hybridized carbons (Fsp3) is 0.316. The third-order valence-electron chi connectivity index (χ3n) is 4.47. The van der Waals surface area contributed by atoms with Gasteiger partial charge in [-0.2, -0.15) is 0 Å². The molecule has 1 aliphatic heterocycles. The normalized spacial score (nSPS) is 16.5. The minimum absolute atomic E-state index is 0.0916. The number of amides is 1. The molecule has 2 atom stereocenters. The first kappa shape index (κ1) is 16.5. The molecule has 0 bridgehead atoms. The van der Waals surface area contributed by atoms with Crippen molar-refractivity contribution in [1.82, 2.24) is 4.90 Å². The van der Waals surface area contributed by atoms with Gasteiger partial charge in [0.2, 0.25) is 5.91 Å². The van der Waals surface area contributed by atoms with E-state index in [2.05, 4.69) is 0 Å². The second kappa shape index (κ2) is 7.01. The third-order valence-corrected chi connectivity index (χ3v) is 4.47. The highest BCUT2D eigenvalue weighted by Gasteiger charge is 2.29. The van der Waals surface area contributed by atoms with Gasteiger partial charge in [0.1, 0.15) is 18.2 Å². The topological polar surface area (TPSA) is 55.6 Å². The van der Waals surface area contributed by atoms with Gasteiger partial charge in [0, 0.05) is 11.6 Å². The molecule has 1 aliphatic rings. The first-order valence-corrected chi connectivity index (χ1v) is 8.07. The van der Waals surface area contributed by atoms with Crippen molar-refractivity contribution in [1.29, 1.82) is 0 Å². The number of rotatable bonds is 3. The van der Waals surface area contributed by atoms with Crippen LogP contribution in [0.4, 0.5) is 4.39 Å². The standard InChI is InChI=1S/C19H21FN2O2/c1-13(18(21)14-6-3-2-4-7-14)19(23)22-10-11-24-17-9-5-8-16(20)15(17)12-22/h2-9,13,18H,10-12,21H2,1H3. The van der Waals surface area contributed by atoms with Gasteiger partial charge in [-0.15, -0.1) is 0 Å². The number of carbonyl (C=O) groups is 1. The van der Waals surface area contributed by atoms with Gasteiger partial charge < -0.3 is 15.4 Å². The quantitative estimate of drug-likeness (QED) is 0.942. The average Bonchev–Trinajstić information content (AvgIpc) is 2.84. The van der Waals surface area contributed by atoms with Gasteiger partial charge in [-0.3, -0.25) is 4.79 Å². The minimum Gasteiger partial charge on any atom is -0.491 e. The van der Waals surface area contributed by atoms with Crippen LogP contribution < -0.4 is 10.5 Å². The van der Waals surface area contributed by atoms with Crippen molar-refractivity contribution in [3.63, 3.8) is 0 Å². The summed E-state index contributed by atoms with van der Waals surface area (Å²) in [6, 6.07) is 13.9. The van der Waals surface area contributed by atoms with Crippen LogP contribution in [0.25, 0.3) is 0 Å². The Kier molecular flexibility index (Phi) is 4.81. The Morgan fingerprint density at radius 1 is 1.21 bits per heavy atom. The van der Waals surface area contributed by atoms with E-state index >= 15 is 0 Å². The second-order valence-electron chi connectivity index (χ2n) is 6.05. The summed E-state index contributed by atoms with van der Waals surface area (Å²) in [6.45, 7) is 2.77. The monoisotopic (exact) mass is 328 g/mol. The van der Waals surface area contributed by atoms with Gasteiger partial charge in [-0.1, -0.05) is 43.3 Å². The summed E-state index contributed by atoms with van der Waals surface area (Å²) in [5.41, 5.74) is 7.59. The molecule has 0 saturated heterocycles. The summed E-state index contributed by atoms with van der Waals surface area (Å²) < 4.78 is 19.6. The van der Waals surface area contributed by atoms with Gasteiger partial charge in [0.25, 0.3) is 0 Å². The predicted molar refractivity (Wildman–Crippen MR) is 89.8 cm³/mol.